The molecule has 2 N–H and O–H groups in total. The van der Waals surface area contributed by atoms with Gasteiger partial charge in [0, 0.05) is 17.6 Å². The second-order valence-corrected chi connectivity index (χ2v) is 4.19. The summed E-state index contributed by atoms with van der Waals surface area (Å²) in [5.74, 6) is 0. The zero-order valence-corrected chi connectivity index (χ0v) is 10.7. The van der Waals surface area contributed by atoms with Crippen LogP contribution in [0.15, 0.2) is 48.7 Å². The van der Waals surface area contributed by atoms with Crippen molar-refractivity contribution in [3.05, 3.63) is 54.2 Å². The van der Waals surface area contributed by atoms with Crippen LogP contribution < -0.4 is 5.73 Å². The molecule has 1 heterocycles. The zero-order valence-electron chi connectivity index (χ0n) is 9.89. The quantitative estimate of drug-likeness (QED) is 0.843. The lowest BCUT2D eigenvalue weighted by atomic mass is 9.98. The number of halogens is 1. The molecule has 0 aliphatic rings. The fourth-order valence-electron chi connectivity index (χ4n) is 1.93. The summed E-state index contributed by atoms with van der Waals surface area (Å²) >= 11 is 0. The Balaban J connectivity index is 0.00000144. The van der Waals surface area contributed by atoms with Crippen LogP contribution in [0.3, 0.4) is 0 Å². The molecule has 0 unspecified atom stereocenters. The van der Waals surface area contributed by atoms with E-state index in [0.717, 1.165) is 28.5 Å². The Bertz CT molecular complexity index is 517. The second kappa shape index (κ2) is 5.80. The summed E-state index contributed by atoms with van der Waals surface area (Å²) in [7, 11) is 0. The van der Waals surface area contributed by atoms with Gasteiger partial charge in [0.2, 0.25) is 0 Å². The van der Waals surface area contributed by atoms with Crippen molar-refractivity contribution < 1.29 is 0 Å². The van der Waals surface area contributed by atoms with Crippen LogP contribution in [-0.4, -0.2) is 4.98 Å². The van der Waals surface area contributed by atoms with E-state index in [4.69, 9.17) is 5.73 Å². The number of hydrogen-bond acceptors (Lipinski definition) is 2. The van der Waals surface area contributed by atoms with Crippen molar-refractivity contribution in [3.63, 3.8) is 0 Å². The van der Waals surface area contributed by atoms with Gasteiger partial charge in [0.1, 0.15) is 0 Å². The van der Waals surface area contributed by atoms with E-state index < -0.39 is 0 Å². The molecule has 0 amide bonds. The smallest absolute Gasteiger partial charge is 0.0705 e. The summed E-state index contributed by atoms with van der Waals surface area (Å²) in [4.78, 5) is 4.33. The van der Waals surface area contributed by atoms with Gasteiger partial charge in [-0.3, -0.25) is 4.98 Å². The van der Waals surface area contributed by atoms with Gasteiger partial charge >= 0.3 is 0 Å². The number of aromatic nitrogens is 1. The van der Waals surface area contributed by atoms with Crippen molar-refractivity contribution in [1.29, 1.82) is 0 Å². The normalized spacial score (nSPS) is 11.9. The predicted octanol–water partition coefficient (Wildman–Crippen LogP) is 3.62. The first kappa shape index (κ1) is 13.7. The number of nitrogens with zero attached hydrogens (tertiary/aromatic N) is 1. The van der Waals surface area contributed by atoms with Crippen molar-refractivity contribution in [1.82, 2.24) is 4.98 Å². The molecule has 3 heteroatoms. The maximum atomic E-state index is 6.17. The molecule has 0 aliphatic heterocycles. The molecule has 0 saturated carbocycles. The minimum absolute atomic E-state index is 0. The third kappa shape index (κ3) is 3.05. The van der Waals surface area contributed by atoms with Crippen LogP contribution in [0.4, 0.5) is 0 Å². The Labute approximate surface area is 108 Å². The van der Waals surface area contributed by atoms with Gasteiger partial charge in [-0.2, -0.15) is 0 Å². The number of benzene rings is 1. The van der Waals surface area contributed by atoms with Crippen LogP contribution in [0.2, 0.25) is 0 Å². The second-order valence-electron chi connectivity index (χ2n) is 4.19. The molecule has 0 spiro atoms. The van der Waals surface area contributed by atoms with Gasteiger partial charge in [-0.05, 0) is 31.0 Å². The summed E-state index contributed by atoms with van der Waals surface area (Å²) in [6.07, 6.45) is 2.63. The Morgan fingerprint density at radius 1 is 1.35 bits per heavy atom. The highest BCUT2D eigenvalue weighted by Crippen LogP contribution is 2.24. The van der Waals surface area contributed by atoms with Crippen molar-refractivity contribution in [2.24, 2.45) is 5.73 Å². The van der Waals surface area contributed by atoms with Gasteiger partial charge < -0.3 is 5.73 Å². The molecule has 1 aromatic carbocycles. The van der Waals surface area contributed by atoms with E-state index in [9.17, 15) is 0 Å². The molecule has 2 aromatic rings. The van der Waals surface area contributed by atoms with Crippen molar-refractivity contribution >= 4 is 23.3 Å². The molecule has 1 atom stereocenters. The number of nitrogens with two attached hydrogens (primary N) is 1. The third-order valence-electron chi connectivity index (χ3n) is 2.65. The Hall–Kier alpha value is -1.38. The van der Waals surface area contributed by atoms with Gasteiger partial charge in [0.05, 0.1) is 5.52 Å². The number of hydrogen-bond donors (Lipinski definition) is 1. The lowest BCUT2D eigenvalue weighted by molar-refractivity contribution is 0.722. The van der Waals surface area contributed by atoms with Gasteiger partial charge in [-0.1, -0.05) is 23.8 Å². The van der Waals surface area contributed by atoms with Crippen LogP contribution >= 0.6 is 12.4 Å². The number of fused-ring (bicyclic) bond motifs is 1. The number of para-hydroxylation sites is 1. The Kier molecular flexibility index (Phi) is 4.67. The highest BCUT2D eigenvalue weighted by atomic mass is 35.5. The molecule has 0 bridgehead atoms. The van der Waals surface area contributed by atoms with Gasteiger partial charge in [-0.25, -0.2) is 0 Å². The standard InChI is InChI=1S/C14H16N2.ClH/c1-10(2)9-13(15)11-7-8-16-14-6-4-3-5-12(11)14;/h3-8,13H,1,9,15H2,2H3;1H/t13-;/m0./s1. The molecule has 0 fully saturated rings. The van der Waals surface area contributed by atoms with E-state index in [2.05, 4.69) is 17.6 Å². The molecule has 0 aliphatic carbocycles. The first-order chi connectivity index (χ1) is 7.68. The fourth-order valence-corrected chi connectivity index (χ4v) is 1.93. The molecular weight excluding hydrogens is 232 g/mol. The van der Waals surface area contributed by atoms with E-state index in [1.807, 2.05) is 37.4 Å². The molecule has 2 rings (SSSR count). The van der Waals surface area contributed by atoms with Gasteiger partial charge in [0.15, 0.2) is 0 Å². The topological polar surface area (TPSA) is 38.9 Å². The molecule has 17 heavy (non-hydrogen) atoms. The SMILES string of the molecule is C=C(C)C[C@H](N)c1ccnc2ccccc12.Cl. The minimum atomic E-state index is 0. The molecular formula is C14H17ClN2. The number of rotatable bonds is 3. The van der Waals surface area contributed by atoms with Crippen molar-refractivity contribution in [2.75, 3.05) is 0 Å². The molecule has 2 nitrogen and oxygen atoms in total. The average molecular weight is 249 g/mol. The largest absolute Gasteiger partial charge is 0.324 e. The maximum Gasteiger partial charge on any atom is 0.0705 e. The van der Waals surface area contributed by atoms with Crippen molar-refractivity contribution in [3.8, 4) is 0 Å². The molecule has 0 radical (unpaired) electrons. The molecule has 90 valence electrons. The molecule has 1 aromatic heterocycles. The van der Waals surface area contributed by atoms with E-state index >= 15 is 0 Å². The first-order valence-electron chi connectivity index (χ1n) is 5.42. The van der Waals surface area contributed by atoms with Crippen LogP contribution in [-0.2, 0) is 0 Å². The molecule has 0 saturated heterocycles. The summed E-state index contributed by atoms with van der Waals surface area (Å²) in [6, 6.07) is 10.1. The van der Waals surface area contributed by atoms with Gasteiger partial charge in [-0.15, -0.1) is 19.0 Å². The van der Waals surface area contributed by atoms with E-state index in [0.29, 0.717) is 0 Å². The summed E-state index contributed by atoms with van der Waals surface area (Å²) in [5, 5.41) is 1.14. The summed E-state index contributed by atoms with van der Waals surface area (Å²) < 4.78 is 0. The summed E-state index contributed by atoms with van der Waals surface area (Å²) in [6.45, 7) is 5.91. The van der Waals surface area contributed by atoms with E-state index in [-0.39, 0.29) is 18.4 Å². The third-order valence-corrected chi connectivity index (χ3v) is 2.65. The maximum absolute atomic E-state index is 6.17. The van der Waals surface area contributed by atoms with E-state index in [1.165, 1.54) is 0 Å². The lowest BCUT2D eigenvalue weighted by Gasteiger charge is -2.14. The lowest BCUT2D eigenvalue weighted by Crippen LogP contribution is -2.11. The zero-order chi connectivity index (χ0) is 11.5. The first-order valence-corrected chi connectivity index (χ1v) is 5.42. The van der Waals surface area contributed by atoms with E-state index in [1.54, 1.807) is 0 Å². The van der Waals surface area contributed by atoms with Gasteiger partial charge in [0.25, 0.3) is 0 Å². The highest BCUT2D eigenvalue weighted by molar-refractivity contribution is 5.85. The van der Waals surface area contributed by atoms with Crippen molar-refractivity contribution in [2.45, 2.75) is 19.4 Å². The van der Waals surface area contributed by atoms with Crippen LogP contribution in [0.1, 0.15) is 24.9 Å². The van der Waals surface area contributed by atoms with Crippen LogP contribution in [0, 0.1) is 0 Å². The van der Waals surface area contributed by atoms with Crippen LogP contribution in [0.5, 0.6) is 0 Å². The average Bonchev–Trinajstić information content (AvgIpc) is 2.27. The highest BCUT2D eigenvalue weighted by Gasteiger charge is 2.09. The minimum Gasteiger partial charge on any atom is -0.324 e. The number of pyridine rings is 1. The Morgan fingerprint density at radius 2 is 2.06 bits per heavy atom. The summed E-state index contributed by atoms with van der Waals surface area (Å²) in [5.41, 5.74) is 9.42. The fraction of sp³-hybridized carbons (Fsp3) is 0.214. The Morgan fingerprint density at radius 3 is 2.76 bits per heavy atom. The monoisotopic (exact) mass is 248 g/mol. The predicted molar refractivity (Wildman–Crippen MR) is 75.4 cm³/mol. The van der Waals surface area contributed by atoms with Crippen LogP contribution in [0.25, 0.3) is 10.9 Å².